The molecule has 0 spiro atoms. The molecule has 1 aliphatic carbocycles. The van der Waals surface area contributed by atoms with Crippen LogP contribution in [0.3, 0.4) is 0 Å². The van der Waals surface area contributed by atoms with E-state index in [-0.39, 0.29) is 0 Å². The van der Waals surface area contributed by atoms with Crippen molar-refractivity contribution in [1.82, 2.24) is 19.9 Å². The van der Waals surface area contributed by atoms with Crippen LogP contribution in [0.5, 0.6) is 0 Å². The number of aryl methyl sites for hydroxylation is 4. The maximum absolute atomic E-state index is 6.23. The third-order valence-electron chi connectivity index (χ3n) is 21.9. The largest absolute Gasteiger partial charge is 0.353 e. The lowest BCUT2D eigenvalue weighted by Crippen LogP contribution is -1.90. The molecule has 4 nitrogen and oxygen atoms in total. The van der Waals surface area contributed by atoms with Crippen molar-refractivity contribution in [3.8, 4) is 89.5 Å². The molecule has 0 radical (unpaired) electrons. The highest BCUT2D eigenvalue weighted by Gasteiger charge is 2.30. The molecule has 0 fully saturated rings. The zero-order valence-electron chi connectivity index (χ0n) is 61.0. The third-order valence-corrected chi connectivity index (χ3v) is 21.9. The summed E-state index contributed by atoms with van der Waals surface area (Å²) in [6.45, 7) is 9.23. The minimum absolute atomic E-state index is 0.972. The average molecular weight is 1320 g/mol. The van der Waals surface area contributed by atoms with E-state index < -0.39 is 0 Å². The number of hydrogen-bond acceptors (Lipinski definition) is 2. The molecule has 514 valence electrons. The van der Waals surface area contributed by atoms with E-state index in [1.807, 2.05) is 0 Å². The number of hydrogen-bond donors (Lipinski definition) is 2. The number of aromatic amines is 2. The van der Waals surface area contributed by atoms with Crippen LogP contribution in [-0.4, -0.2) is 19.9 Å². The van der Waals surface area contributed by atoms with Gasteiger partial charge in [-0.25, -0.2) is 9.97 Å². The maximum atomic E-state index is 6.23. The minimum Gasteiger partial charge on any atom is -0.353 e. The van der Waals surface area contributed by atoms with Gasteiger partial charge in [-0.3, -0.25) is 0 Å². The van der Waals surface area contributed by atoms with Gasteiger partial charge in [0, 0.05) is 66.1 Å². The lowest BCUT2D eigenvalue weighted by Gasteiger charge is -2.10. The SMILES string of the molecule is CCCCCCCCCc1ccc(-c2c3nc(c(-c4ccc(CCCCCCCCC)cc4)c4[nH]c(c(-c5ccc(CCCCCCCCC)cc5)c5nc(c(-c6ccc(CCCCCCCCC)cc6)c6[nH]c2c2ccccc62)-c2ccccc2-5)c2ccccc42)-c2ccccc2-3)cc1. The number of nitrogens with one attached hydrogen (secondary N) is 2. The summed E-state index contributed by atoms with van der Waals surface area (Å²) in [6.07, 6.45) is 40.6. The molecule has 8 bridgehead atoms. The smallest absolute Gasteiger partial charge is 0.0816 e. The number of benzene rings is 8. The Labute approximate surface area is 599 Å². The van der Waals surface area contributed by atoms with Crippen molar-refractivity contribution in [2.45, 2.75) is 233 Å². The fourth-order valence-electron chi connectivity index (χ4n) is 16.3. The Morgan fingerprint density at radius 1 is 0.210 bits per heavy atom. The van der Waals surface area contributed by atoms with Gasteiger partial charge in [-0.1, -0.05) is 376 Å². The molecular weight excluding hydrogens is 1210 g/mol. The lowest BCUT2D eigenvalue weighted by molar-refractivity contribution is 0.589. The summed E-state index contributed by atoms with van der Waals surface area (Å²) in [6, 6.07) is 74.8. The highest BCUT2D eigenvalue weighted by atomic mass is 14.8. The van der Waals surface area contributed by atoms with Crippen molar-refractivity contribution >= 4 is 43.6 Å². The van der Waals surface area contributed by atoms with Crippen molar-refractivity contribution < 1.29 is 0 Å². The molecule has 2 aliphatic heterocycles. The molecule has 100 heavy (non-hydrogen) atoms. The second-order valence-corrected chi connectivity index (χ2v) is 29.3. The first-order valence-electron chi connectivity index (χ1n) is 39.7. The Bertz CT molecular complexity index is 4050. The summed E-state index contributed by atoms with van der Waals surface area (Å²) in [7, 11) is 0. The molecule has 10 aromatic rings. The maximum Gasteiger partial charge on any atom is 0.0816 e. The third kappa shape index (κ3) is 16.2. The summed E-state index contributed by atoms with van der Waals surface area (Å²) in [5.41, 5.74) is 27.1. The predicted octanol–water partition coefficient (Wildman–Crippen LogP) is 29.1. The topological polar surface area (TPSA) is 57.4 Å². The molecule has 13 rings (SSSR count). The van der Waals surface area contributed by atoms with Crippen LogP contribution in [-0.2, 0) is 25.7 Å². The van der Waals surface area contributed by atoms with Crippen molar-refractivity contribution in [1.29, 1.82) is 0 Å². The number of unbranched alkanes of at least 4 members (excludes halogenated alkanes) is 24. The fraction of sp³-hybridized carbons (Fsp3) is 0.375. The predicted molar refractivity (Wildman–Crippen MR) is 433 cm³/mol. The Kier molecular flexibility index (Phi) is 24.5. The molecule has 0 atom stereocenters. The first-order chi connectivity index (χ1) is 49.5. The summed E-state index contributed by atoms with van der Waals surface area (Å²) in [5, 5.41) is 4.63. The highest BCUT2D eigenvalue weighted by Crippen LogP contribution is 2.52. The Hall–Kier alpha value is -8.60. The Morgan fingerprint density at radius 3 is 0.610 bits per heavy atom. The van der Waals surface area contributed by atoms with E-state index in [4.69, 9.17) is 9.97 Å². The molecule has 0 saturated heterocycles. The van der Waals surface area contributed by atoms with E-state index in [1.54, 1.807) is 0 Å². The van der Waals surface area contributed by atoms with Crippen molar-refractivity contribution in [3.05, 3.63) is 216 Å². The van der Waals surface area contributed by atoms with Crippen LogP contribution in [0.4, 0.5) is 0 Å². The highest BCUT2D eigenvalue weighted by molar-refractivity contribution is 6.21. The molecule has 2 N–H and O–H groups in total. The standard InChI is InChI=1S/C96H110N4/c1-5-9-13-17-21-25-29-41-69-53-61-73(62-54-69)85-89-77-45-33-35-47-79(77)91(97-89)86(74-63-55-70(56-64-74)42-30-26-22-18-14-10-6-2)93-81-49-37-39-51-83(81)95(99-93)88(76-67-59-72(60-68-76)44-32-28-24-20-16-12-8-4)96-84-52-40-38-50-82(84)94(100-96)87(92-80-48-36-34-46-78(80)90(85)98-92)75-65-57-71(58-66-75)43-31-27-23-19-15-11-7-3/h33-40,45-68,97,100H,5-32,41-44H2,1-4H3. The quantitative estimate of drug-likeness (QED) is 0.0385. The van der Waals surface area contributed by atoms with Crippen LogP contribution in [0, 0.1) is 0 Å². The van der Waals surface area contributed by atoms with Gasteiger partial charge >= 0.3 is 0 Å². The molecule has 0 saturated carbocycles. The van der Waals surface area contributed by atoms with Crippen LogP contribution in [0.25, 0.3) is 133 Å². The molecule has 0 unspecified atom stereocenters. The summed E-state index contributed by atoms with van der Waals surface area (Å²) < 4.78 is 0. The Morgan fingerprint density at radius 2 is 0.400 bits per heavy atom. The second-order valence-electron chi connectivity index (χ2n) is 29.3. The average Bonchev–Trinajstić information content (AvgIpc) is 1.56. The lowest BCUT2D eigenvalue weighted by atomic mass is 9.92. The van der Waals surface area contributed by atoms with Gasteiger partial charge in [-0.2, -0.15) is 0 Å². The normalized spacial score (nSPS) is 11.9. The molecule has 2 aromatic heterocycles. The second kappa shape index (κ2) is 35.1. The van der Waals surface area contributed by atoms with Crippen LogP contribution in [0.15, 0.2) is 194 Å². The number of H-pyrrole nitrogens is 2. The van der Waals surface area contributed by atoms with Crippen molar-refractivity contribution in [2.24, 2.45) is 0 Å². The molecule has 4 heterocycles. The number of aromatic nitrogens is 4. The van der Waals surface area contributed by atoms with E-state index in [2.05, 4.69) is 232 Å². The molecule has 8 aromatic carbocycles. The van der Waals surface area contributed by atoms with Crippen LogP contribution < -0.4 is 0 Å². The van der Waals surface area contributed by atoms with Crippen LogP contribution >= 0.6 is 0 Å². The first kappa shape index (κ1) is 69.9. The summed E-state index contributed by atoms with van der Waals surface area (Å²) in [4.78, 5) is 21.2. The minimum atomic E-state index is 0.972. The van der Waals surface area contributed by atoms with Gasteiger partial charge in [0.1, 0.15) is 0 Å². The van der Waals surface area contributed by atoms with Crippen LogP contribution in [0.2, 0.25) is 0 Å². The van der Waals surface area contributed by atoms with E-state index >= 15 is 0 Å². The molecule has 0 amide bonds. The van der Waals surface area contributed by atoms with Gasteiger partial charge in [-0.15, -0.1) is 0 Å². The van der Waals surface area contributed by atoms with Gasteiger partial charge in [0.05, 0.1) is 44.8 Å². The van der Waals surface area contributed by atoms with Crippen LogP contribution in [0.1, 0.15) is 230 Å². The first-order valence-corrected chi connectivity index (χ1v) is 39.7. The number of nitrogens with zero attached hydrogens (tertiary/aromatic N) is 2. The van der Waals surface area contributed by atoms with Gasteiger partial charge in [0.15, 0.2) is 0 Å². The molecule has 4 heteroatoms. The van der Waals surface area contributed by atoms with Crippen molar-refractivity contribution in [2.75, 3.05) is 0 Å². The van der Waals surface area contributed by atoms with Crippen molar-refractivity contribution in [3.63, 3.8) is 0 Å². The monoisotopic (exact) mass is 1320 g/mol. The van der Waals surface area contributed by atoms with E-state index in [9.17, 15) is 0 Å². The van der Waals surface area contributed by atoms with Gasteiger partial charge in [0.2, 0.25) is 0 Å². The summed E-state index contributed by atoms with van der Waals surface area (Å²) in [5.74, 6) is 0. The van der Waals surface area contributed by atoms with E-state index in [0.29, 0.717) is 0 Å². The van der Waals surface area contributed by atoms with E-state index in [1.165, 1.54) is 202 Å². The van der Waals surface area contributed by atoms with E-state index in [0.717, 1.165) is 159 Å². The van der Waals surface area contributed by atoms with Gasteiger partial charge in [-0.05, 0) is 95.9 Å². The zero-order valence-corrected chi connectivity index (χ0v) is 61.0. The van der Waals surface area contributed by atoms with Gasteiger partial charge < -0.3 is 9.97 Å². The molecule has 3 aliphatic rings. The molecular formula is C96H110N4. The Balaban J connectivity index is 1.10. The summed E-state index contributed by atoms with van der Waals surface area (Å²) >= 11 is 0. The van der Waals surface area contributed by atoms with Gasteiger partial charge in [0.25, 0.3) is 0 Å². The zero-order chi connectivity index (χ0) is 68.2. The fourth-order valence-corrected chi connectivity index (χ4v) is 16.3. The number of rotatable bonds is 36.